The van der Waals surface area contributed by atoms with Gasteiger partial charge >= 0.3 is 12.0 Å². The number of hydrogen-bond donors (Lipinski definition) is 2. The van der Waals surface area contributed by atoms with Crippen LogP contribution in [-0.4, -0.2) is 53.1 Å². The minimum absolute atomic E-state index is 0.0757. The number of carbonyl (C=O) groups is 2. The van der Waals surface area contributed by atoms with Crippen LogP contribution < -0.4 is 5.32 Å². The van der Waals surface area contributed by atoms with Crippen LogP contribution in [0.25, 0.3) is 0 Å². The Bertz CT molecular complexity index is 823. The Labute approximate surface area is 172 Å². The third-order valence-corrected chi connectivity index (χ3v) is 5.36. The molecule has 1 heterocycles. The van der Waals surface area contributed by atoms with Gasteiger partial charge in [0.2, 0.25) is 0 Å². The third-order valence-electron chi connectivity index (χ3n) is 5.36. The molecule has 6 nitrogen and oxygen atoms in total. The lowest BCUT2D eigenvalue weighted by Gasteiger charge is -2.34. The van der Waals surface area contributed by atoms with Gasteiger partial charge in [0.15, 0.2) is 0 Å². The SMILES string of the molecule is CC(C)c1ccc(CN2CCN(C(=O)NCc3ccc(C(=O)O)cc3)CC2)cc1. The highest BCUT2D eigenvalue weighted by Crippen LogP contribution is 2.16. The first-order valence-electron chi connectivity index (χ1n) is 10.1. The van der Waals surface area contributed by atoms with Gasteiger partial charge < -0.3 is 15.3 Å². The molecule has 3 rings (SSSR count). The van der Waals surface area contributed by atoms with Gasteiger partial charge in [0.1, 0.15) is 0 Å². The molecular formula is C23H29N3O3. The molecule has 0 bridgehead atoms. The van der Waals surface area contributed by atoms with Crippen molar-refractivity contribution >= 4 is 12.0 Å². The molecule has 1 aliphatic heterocycles. The number of nitrogens with one attached hydrogen (secondary N) is 1. The molecule has 0 atom stereocenters. The summed E-state index contributed by atoms with van der Waals surface area (Å²) in [4.78, 5) is 27.5. The lowest BCUT2D eigenvalue weighted by Crippen LogP contribution is -2.51. The van der Waals surface area contributed by atoms with Crippen LogP contribution in [0, 0.1) is 0 Å². The van der Waals surface area contributed by atoms with Gasteiger partial charge in [-0.25, -0.2) is 9.59 Å². The van der Waals surface area contributed by atoms with E-state index in [4.69, 9.17) is 5.11 Å². The predicted molar refractivity (Wildman–Crippen MR) is 113 cm³/mol. The van der Waals surface area contributed by atoms with E-state index in [1.165, 1.54) is 11.1 Å². The van der Waals surface area contributed by atoms with Gasteiger partial charge in [-0.2, -0.15) is 0 Å². The number of benzene rings is 2. The molecule has 6 heteroatoms. The van der Waals surface area contributed by atoms with Crippen LogP contribution in [0.2, 0.25) is 0 Å². The Balaban J connectivity index is 1.42. The molecule has 0 saturated carbocycles. The number of hydrogen-bond acceptors (Lipinski definition) is 3. The molecule has 2 aromatic rings. The molecule has 2 aromatic carbocycles. The standard InChI is InChI=1S/C23H29N3O3/c1-17(2)20-7-5-19(6-8-20)16-25-11-13-26(14-12-25)23(29)24-15-18-3-9-21(10-4-18)22(27)28/h3-10,17H,11-16H2,1-2H3,(H,24,29)(H,27,28). The van der Waals surface area contributed by atoms with Crippen LogP contribution in [-0.2, 0) is 13.1 Å². The summed E-state index contributed by atoms with van der Waals surface area (Å²) in [5, 5.41) is 11.9. The summed E-state index contributed by atoms with van der Waals surface area (Å²) in [5.74, 6) is -0.407. The van der Waals surface area contributed by atoms with Crippen molar-refractivity contribution in [2.24, 2.45) is 0 Å². The van der Waals surface area contributed by atoms with E-state index in [0.717, 1.165) is 25.2 Å². The molecule has 0 unspecified atom stereocenters. The fraction of sp³-hybridized carbons (Fsp3) is 0.391. The molecule has 1 saturated heterocycles. The van der Waals surface area contributed by atoms with Crippen molar-refractivity contribution < 1.29 is 14.7 Å². The van der Waals surface area contributed by atoms with Crippen LogP contribution in [0.4, 0.5) is 4.79 Å². The highest BCUT2D eigenvalue weighted by atomic mass is 16.4. The van der Waals surface area contributed by atoms with Gasteiger partial charge in [0, 0.05) is 39.3 Å². The first kappa shape index (κ1) is 20.9. The number of carboxylic acid groups (broad SMARTS) is 1. The topological polar surface area (TPSA) is 72.9 Å². The van der Waals surface area contributed by atoms with E-state index in [0.29, 0.717) is 25.6 Å². The minimum Gasteiger partial charge on any atom is -0.478 e. The van der Waals surface area contributed by atoms with Gasteiger partial charge in [-0.1, -0.05) is 50.2 Å². The van der Waals surface area contributed by atoms with Crippen molar-refractivity contribution in [1.82, 2.24) is 15.1 Å². The van der Waals surface area contributed by atoms with Crippen LogP contribution in [0.3, 0.4) is 0 Å². The van der Waals surface area contributed by atoms with E-state index >= 15 is 0 Å². The minimum atomic E-state index is -0.950. The monoisotopic (exact) mass is 395 g/mol. The van der Waals surface area contributed by atoms with Gasteiger partial charge in [-0.3, -0.25) is 4.90 Å². The maximum absolute atomic E-state index is 12.4. The van der Waals surface area contributed by atoms with E-state index in [9.17, 15) is 9.59 Å². The van der Waals surface area contributed by atoms with E-state index in [2.05, 4.69) is 48.3 Å². The Hall–Kier alpha value is -2.86. The zero-order chi connectivity index (χ0) is 20.8. The Morgan fingerprint density at radius 1 is 0.931 bits per heavy atom. The summed E-state index contributed by atoms with van der Waals surface area (Å²) < 4.78 is 0. The first-order chi connectivity index (χ1) is 13.9. The zero-order valence-corrected chi connectivity index (χ0v) is 17.1. The summed E-state index contributed by atoms with van der Waals surface area (Å²) in [6.45, 7) is 8.81. The summed E-state index contributed by atoms with van der Waals surface area (Å²) in [6, 6.07) is 15.3. The number of nitrogens with zero attached hydrogens (tertiary/aromatic N) is 2. The van der Waals surface area contributed by atoms with Gasteiger partial charge in [-0.05, 0) is 34.7 Å². The summed E-state index contributed by atoms with van der Waals surface area (Å²) in [7, 11) is 0. The van der Waals surface area contributed by atoms with Gasteiger partial charge in [0.05, 0.1) is 5.56 Å². The van der Waals surface area contributed by atoms with Crippen LogP contribution in [0.1, 0.15) is 46.8 Å². The molecule has 0 spiro atoms. The Morgan fingerprint density at radius 3 is 2.07 bits per heavy atom. The number of rotatable bonds is 6. The zero-order valence-electron chi connectivity index (χ0n) is 17.1. The number of aromatic carboxylic acids is 1. The fourth-order valence-corrected chi connectivity index (χ4v) is 3.43. The molecule has 0 radical (unpaired) electrons. The van der Waals surface area contributed by atoms with E-state index in [1.807, 2.05) is 4.90 Å². The van der Waals surface area contributed by atoms with Crippen molar-refractivity contribution in [3.63, 3.8) is 0 Å². The summed E-state index contributed by atoms with van der Waals surface area (Å²) in [6.07, 6.45) is 0. The number of urea groups is 1. The highest BCUT2D eigenvalue weighted by Gasteiger charge is 2.21. The second kappa shape index (κ2) is 9.56. The van der Waals surface area contributed by atoms with Crippen LogP contribution in [0.15, 0.2) is 48.5 Å². The second-order valence-electron chi connectivity index (χ2n) is 7.82. The van der Waals surface area contributed by atoms with Crippen molar-refractivity contribution in [3.8, 4) is 0 Å². The normalized spacial score (nSPS) is 14.8. The number of piperazine rings is 1. The molecule has 1 fully saturated rings. The smallest absolute Gasteiger partial charge is 0.335 e. The molecule has 1 aliphatic rings. The fourth-order valence-electron chi connectivity index (χ4n) is 3.43. The molecule has 2 amide bonds. The summed E-state index contributed by atoms with van der Waals surface area (Å²) >= 11 is 0. The predicted octanol–water partition coefficient (Wildman–Crippen LogP) is 3.54. The van der Waals surface area contributed by atoms with Crippen molar-refractivity contribution in [2.45, 2.75) is 32.9 Å². The largest absolute Gasteiger partial charge is 0.478 e. The van der Waals surface area contributed by atoms with Gasteiger partial charge in [0.25, 0.3) is 0 Å². The third kappa shape index (κ3) is 5.81. The van der Waals surface area contributed by atoms with Crippen LogP contribution in [0.5, 0.6) is 0 Å². The number of carbonyl (C=O) groups excluding carboxylic acids is 1. The maximum Gasteiger partial charge on any atom is 0.335 e. The average molecular weight is 396 g/mol. The quantitative estimate of drug-likeness (QED) is 0.785. The van der Waals surface area contributed by atoms with Crippen molar-refractivity contribution in [1.29, 1.82) is 0 Å². The summed E-state index contributed by atoms with van der Waals surface area (Å²) in [5.41, 5.74) is 3.78. The molecule has 2 N–H and O–H groups in total. The van der Waals surface area contributed by atoms with Gasteiger partial charge in [-0.15, -0.1) is 0 Å². The second-order valence-corrected chi connectivity index (χ2v) is 7.82. The van der Waals surface area contributed by atoms with E-state index in [-0.39, 0.29) is 11.6 Å². The molecule has 29 heavy (non-hydrogen) atoms. The van der Waals surface area contributed by atoms with Crippen molar-refractivity contribution in [3.05, 3.63) is 70.8 Å². The molecule has 0 aromatic heterocycles. The molecule has 0 aliphatic carbocycles. The van der Waals surface area contributed by atoms with Crippen molar-refractivity contribution in [2.75, 3.05) is 26.2 Å². The van der Waals surface area contributed by atoms with Crippen LogP contribution >= 0.6 is 0 Å². The lowest BCUT2D eigenvalue weighted by molar-refractivity contribution is 0.0697. The number of carboxylic acids is 1. The maximum atomic E-state index is 12.4. The first-order valence-corrected chi connectivity index (χ1v) is 10.1. The van der Waals surface area contributed by atoms with E-state index in [1.54, 1.807) is 24.3 Å². The average Bonchev–Trinajstić information content (AvgIpc) is 2.73. The number of amides is 2. The molecule has 154 valence electrons. The Kier molecular flexibility index (Phi) is 6.88. The van der Waals surface area contributed by atoms with E-state index < -0.39 is 5.97 Å². The Morgan fingerprint density at radius 2 is 1.52 bits per heavy atom. The lowest BCUT2D eigenvalue weighted by atomic mass is 10.0. The highest BCUT2D eigenvalue weighted by molar-refractivity contribution is 5.87. The molecular weight excluding hydrogens is 366 g/mol.